The van der Waals surface area contributed by atoms with E-state index in [0.29, 0.717) is 6.42 Å². The van der Waals surface area contributed by atoms with Gasteiger partial charge in [-0.3, -0.25) is 4.79 Å². The summed E-state index contributed by atoms with van der Waals surface area (Å²) in [7, 11) is 0. The molecule has 0 saturated carbocycles. The zero-order valence-electron chi connectivity index (χ0n) is 6.66. The Kier molecular flexibility index (Phi) is 2.00. The van der Waals surface area contributed by atoms with Crippen molar-refractivity contribution < 1.29 is 14.3 Å². The lowest BCUT2D eigenvalue weighted by Gasteiger charge is -1.98. The molecule has 0 fully saturated rings. The van der Waals surface area contributed by atoms with E-state index in [0.717, 1.165) is 10.5 Å². The number of aliphatic carboxylic acids is 1. The summed E-state index contributed by atoms with van der Waals surface area (Å²) in [5.41, 5.74) is 0.929. The van der Waals surface area contributed by atoms with Crippen LogP contribution in [-0.2, 0) is 11.2 Å². The van der Waals surface area contributed by atoms with Crippen molar-refractivity contribution in [2.24, 2.45) is 0 Å². The lowest BCUT2D eigenvalue weighted by Crippen LogP contribution is -2.14. The molecule has 1 aliphatic heterocycles. The molecule has 1 aromatic carbocycles. The number of benzene rings is 1. The second-order valence-electron chi connectivity index (χ2n) is 2.90. The first-order chi connectivity index (χ1) is 6.16. The molecule has 68 valence electrons. The van der Waals surface area contributed by atoms with E-state index >= 15 is 0 Å². The molecule has 1 heterocycles. The Labute approximate surface area is 78.8 Å². The number of rotatable bonds is 1. The van der Waals surface area contributed by atoms with Gasteiger partial charge in [-0.1, -0.05) is 6.07 Å². The molecule has 1 atom stereocenters. The minimum Gasteiger partial charge on any atom is -0.480 e. The number of carbonyl (C=O) groups is 1. The van der Waals surface area contributed by atoms with E-state index in [1.54, 1.807) is 6.07 Å². The number of hydrogen-bond acceptors (Lipinski definition) is 2. The number of carboxylic acid groups (broad SMARTS) is 1. The molecule has 0 amide bonds. The van der Waals surface area contributed by atoms with Gasteiger partial charge in [-0.05, 0) is 24.1 Å². The summed E-state index contributed by atoms with van der Waals surface area (Å²) in [5.74, 6) is -1.14. The highest BCUT2D eigenvalue weighted by Gasteiger charge is 2.27. The SMILES string of the molecule is O=C(O)C1Cc2ccc(F)cc2S1. The molecule has 0 bridgehead atoms. The summed E-state index contributed by atoms with van der Waals surface area (Å²) >= 11 is 1.22. The number of carboxylic acids is 1. The van der Waals surface area contributed by atoms with Gasteiger partial charge < -0.3 is 5.11 Å². The van der Waals surface area contributed by atoms with Gasteiger partial charge in [0.1, 0.15) is 11.1 Å². The number of thioether (sulfide) groups is 1. The Morgan fingerprint density at radius 1 is 1.62 bits per heavy atom. The Balaban J connectivity index is 2.30. The highest BCUT2D eigenvalue weighted by atomic mass is 32.2. The van der Waals surface area contributed by atoms with Crippen molar-refractivity contribution in [3.8, 4) is 0 Å². The Morgan fingerprint density at radius 2 is 2.38 bits per heavy atom. The van der Waals surface area contributed by atoms with Crippen molar-refractivity contribution in [3.05, 3.63) is 29.6 Å². The van der Waals surface area contributed by atoms with Gasteiger partial charge >= 0.3 is 5.97 Å². The van der Waals surface area contributed by atoms with Crippen molar-refractivity contribution in [3.63, 3.8) is 0 Å². The van der Waals surface area contributed by atoms with Crippen LogP contribution in [0, 0.1) is 5.82 Å². The molecule has 0 spiro atoms. The molecule has 13 heavy (non-hydrogen) atoms. The Hall–Kier alpha value is -1.03. The average Bonchev–Trinajstić information content (AvgIpc) is 2.46. The molecule has 0 aliphatic carbocycles. The fraction of sp³-hybridized carbons (Fsp3) is 0.222. The molecule has 2 nitrogen and oxygen atoms in total. The second-order valence-corrected chi connectivity index (χ2v) is 4.15. The summed E-state index contributed by atoms with van der Waals surface area (Å²) in [6.45, 7) is 0. The van der Waals surface area contributed by atoms with Crippen LogP contribution in [0.2, 0.25) is 0 Å². The fourth-order valence-corrected chi connectivity index (χ4v) is 2.49. The van der Waals surface area contributed by atoms with Crippen LogP contribution < -0.4 is 0 Å². The minimum absolute atomic E-state index is 0.308. The maximum Gasteiger partial charge on any atom is 0.317 e. The van der Waals surface area contributed by atoms with Gasteiger partial charge in [-0.15, -0.1) is 11.8 Å². The van der Waals surface area contributed by atoms with E-state index in [1.807, 2.05) is 0 Å². The van der Waals surface area contributed by atoms with E-state index in [4.69, 9.17) is 5.11 Å². The highest BCUT2D eigenvalue weighted by molar-refractivity contribution is 8.01. The van der Waals surface area contributed by atoms with E-state index in [9.17, 15) is 9.18 Å². The largest absolute Gasteiger partial charge is 0.480 e. The molecule has 0 aromatic heterocycles. The Morgan fingerprint density at radius 3 is 3.08 bits per heavy atom. The molecule has 0 radical (unpaired) electrons. The average molecular weight is 198 g/mol. The van der Waals surface area contributed by atoms with E-state index in [2.05, 4.69) is 0 Å². The highest BCUT2D eigenvalue weighted by Crippen LogP contribution is 2.37. The van der Waals surface area contributed by atoms with E-state index in [-0.39, 0.29) is 5.82 Å². The molecular weight excluding hydrogens is 191 g/mol. The number of halogens is 1. The molecule has 1 aromatic rings. The standard InChI is InChI=1S/C9H7FO2S/c10-6-2-1-5-3-8(9(11)12)13-7(5)4-6/h1-2,4,8H,3H2,(H,11,12). The number of fused-ring (bicyclic) bond motifs is 1. The number of hydrogen-bond donors (Lipinski definition) is 1. The lowest BCUT2D eigenvalue weighted by molar-refractivity contribution is -0.136. The van der Waals surface area contributed by atoms with Gasteiger partial charge in [-0.25, -0.2) is 4.39 Å². The molecule has 1 aliphatic rings. The predicted molar refractivity (Wildman–Crippen MR) is 47.4 cm³/mol. The summed E-state index contributed by atoms with van der Waals surface area (Å²) in [6, 6.07) is 4.41. The topological polar surface area (TPSA) is 37.3 Å². The van der Waals surface area contributed by atoms with Crippen LogP contribution >= 0.6 is 11.8 Å². The van der Waals surface area contributed by atoms with Crippen LogP contribution in [0.1, 0.15) is 5.56 Å². The van der Waals surface area contributed by atoms with Crippen molar-refractivity contribution in [2.45, 2.75) is 16.6 Å². The molecule has 2 rings (SSSR count). The molecule has 4 heteroatoms. The van der Waals surface area contributed by atoms with Crippen LogP contribution in [0.4, 0.5) is 4.39 Å². The zero-order chi connectivity index (χ0) is 9.42. The van der Waals surface area contributed by atoms with Gasteiger partial charge in [0, 0.05) is 4.90 Å². The zero-order valence-corrected chi connectivity index (χ0v) is 7.47. The smallest absolute Gasteiger partial charge is 0.317 e. The third-order valence-corrected chi connectivity index (χ3v) is 3.27. The normalized spacial score (nSPS) is 19.9. The van der Waals surface area contributed by atoms with Crippen molar-refractivity contribution in [2.75, 3.05) is 0 Å². The molecule has 1 unspecified atom stereocenters. The maximum atomic E-state index is 12.7. The first-order valence-electron chi connectivity index (χ1n) is 3.85. The van der Waals surface area contributed by atoms with Crippen molar-refractivity contribution in [1.29, 1.82) is 0 Å². The summed E-state index contributed by atoms with van der Waals surface area (Å²) in [5, 5.41) is 8.29. The van der Waals surface area contributed by atoms with Crippen LogP contribution in [0.25, 0.3) is 0 Å². The molecular formula is C9H7FO2S. The summed E-state index contributed by atoms with van der Waals surface area (Å²) in [6.07, 6.45) is 0.496. The first kappa shape index (κ1) is 8.56. The first-order valence-corrected chi connectivity index (χ1v) is 4.72. The van der Waals surface area contributed by atoms with Gasteiger partial charge in [0.2, 0.25) is 0 Å². The fourth-order valence-electron chi connectivity index (χ4n) is 1.34. The van der Waals surface area contributed by atoms with Crippen LogP contribution in [0.15, 0.2) is 23.1 Å². The van der Waals surface area contributed by atoms with Crippen LogP contribution in [-0.4, -0.2) is 16.3 Å². The van der Waals surface area contributed by atoms with Gasteiger partial charge in [0.15, 0.2) is 0 Å². The van der Waals surface area contributed by atoms with Gasteiger partial charge in [0.05, 0.1) is 0 Å². The van der Waals surface area contributed by atoms with E-state index in [1.165, 1.54) is 23.9 Å². The van der Waals surface area contributed by atoms with Gasteiger partial charge in [-0.2, -0.15) is 0 Å². The summed E-state index contributed by atoms with van der Waals surface area (Å²) in [4.78, 5) is 11.4. The second kappa shape index (κ2) is 3.03. The van der Waals surface area contributed by atoms with Crippen molar-refractivity contribution in [1.82, 2.24) is 0 Å². The van der Waals surface area contributed by atoms with Crippen molar-refractivity contribution >= 4 is 17.7 Å². The minimum atomic E-state index is -0.832. The van der Waals surface area contributed by atoms with E-state index < -0.39 is 11.2 Å². The van der Waals surface area contributed by atoms with Gasteiger partial charge in [0.25, 0.3) is 0 Å². The lowest BCUT2D eigenvalue weighted by atomic mass is 10.1. The predicted octanol–water partition coefficient (Wildman–Crippen LogP) is 1.93. The Bertz CT molecular complexity index is 365. The van der Waals surface area contributed by atoms with Crippen LogP contribution in [0.3, 0.4) is 0 Å². The maximum absolute atomic E-state index is 12.7. The third-order valence-electron chi connectivity index (χ3n) is 1.98. The molecule has 0 saturated heterocycles. The summed E-state index contributed by atoms with van der Waals surface area (Å²) < 4.78 is 12.7. The quantitative estimate of drug-likeness (QED) is 0.749. The molecule has 1 N–H and O–H groups in total. The van der Waals surface area contributed by atoms with Crippen LogP contribution in [0.5, 0.6) is 0 Å². The monoisotopic (exact) mass is 198 g/mol. The third kappa shape index (κ3) is 1.54.